The summed E-state index contributed by atoms with van der Waals surface area (Å²) < 4.78 is 0. The van der Waals surface area contributed by atoms with Gasteiger partial charge < -0.3 is 11.1 Å². The average Bonchev–Trinajstić information content (AvgIpc) is 2.28. The number of nitrogens with zero attached hydrogens (tertiary/aromatic N) is 2. The molecule has 3 N–H and O–H groups in total. The SMILES string of the molecule is CSCCCCNc1cc([N+](=O)[O-])cc(N)n1. The van der Waals surface area contributed by atoms with Crippen molar-refractivity contribution < 1.29 is 4.92 Å². The first-order valence-corrected chi connectivity index (χ1v) is 6.67. The molecule has 0 saturated heterocycles. The van der Waals surface area contributed by atoms with E-state index in [4.69, 9.17) is 5.73 Å². The molecule has 17 heavy (non-hydrogen) atoms. The van der Waals surface area contributed by atoms with E-state index in [1.165, 1.54) is 12.1 Å². The van der Waals surface area contributed by atoms with E-state index < -0.39 is 4.92 Å². The molecule has 1 aromatic rings. The van der Waals surface area contributed by atoms with E-state index in [1.54, 1.807) is 11.8 Å². The molecule has 0 atom stereocenters. The highest BCUT2D eigenvalue weighted by Crippen LogP contribution is 2.18. The van der Waals surface area contributed by atoms with Crippen molar-refractivity contribution in [3.63, 3.8) is 0 Å². The van der Waals surface area contributed by atoms with E-state index in [1.807, 2.05) is 0 Å². The van der Waals surface area contributed by atoms with Crippen molar-refractivity contribution in [2.75, 3.05) is 29.6 Å². The fourth-order valence-electron chi connectivity index (χ4n) is 1.32. The number of nitrogens with two attached hydrogens (primary N) is 1. The van der Waals surface area contributed by atoms with Crippen LogP contribution < -0.4 is 11.1 Å². The van der Waals surface area contributed by atoms with Gasteiger partial charge >= 0.3 is 0 Å². The van der Waals surface area contributed by atoms with Crippen molar-refractivity contribution >= 4 is 29.1 Å². The van der Waals surface area contributed by atoms with Crippen LogP contribution in [0.4, 0.5) is 17.3 Å². The van der Waals surface area contributed by atoms with E-state index in [9.17, 15) is 10.1 Å². The van der Waals surface area contributed by atoms with Crippen LogP contribution in [0.15, 0.2) is 12.1 Å². The number of nitrogens with one attached hydrogen (secondary N) is 1. The number of hydrogen-bond acceptors (Lipinski definition) is 6. The van der Waals surface area contributed by atoms with Crippen molar-refractivity contribution in [3.8, 4) is 0 Å². The zero-order valence-corrected chi connectivity index (χ0v) is 10.5. The van der Waals surface area contributed by atoms with Crippen molar-refractivity contribution in [1.29, 1.82) is 0 Å². The lowest BCUT2D eigenvalue weighted by Gasteiger charge is -2.05. The van der Waals surface area contributed by atoms with Crippen LogP contribution in [0.2, 0.25) is 0 Å². The Hall–Kier alpha value is -1.50. The Balaban J connectivity index is 2.50. The number of unbranched alkanes of at least 4 members (excludes halogenated alkanes) is 1. The Morgan fingerprint density at radius 1 is 1.53 bits per heavy atom. The summed E-state index contributed by atoms with van der Waals surface area (Å²) in [5, 5.41) is 13.6. The molecule has 0 fully saturated rings. The summed E-state index contributed by atoms with van der Waals surface area (Å²) >= 11 is 1.80. The Labute approximate surface area is 104 Å². The Kier molecular flexibility index (Phi) is 5.55. The van der Waals surface area contributed by atoms with E-state index in [-0.39, 0.29) is 11.5 Å². The van der Waals surface area contributed by atoms with Gasteiger partial charge in [0, 0.05) is 6.54 Å². The van der Waals surface area contributed by atoms with Crippen LogP contribution in [0.5, 0.6) is 0 Å². The summed E-state index contributed by atoms with van der Waals surface area (Å²) in [4.78, 5) is 14.1. The third kappa shape index (κ3) is 4.90. The standard InChI is InChI=1S/C10H16N4O2S/c1-17-5-3-2-4-12-10-7-8(14(15)16)6-9(11)13-10/h6-7H,2-5H2,1H3,(H3,11,12,13). The maximum Gasteiger partial charge on any atom is 0.276 e. The highest BCUT2D eigenvalue weighted by atomic mass is 32.2. The molecule has 0 amide bonds. The number of thioether (sulfide) groups is 1. The van der Waals surface area contributed by atoms with Crippen LogP contribution in [0.1, 0.15) is 12.8 Å². The first kappa shape index (κ1) is 13.6. The number of pyridine rings is 1. The summed E-state index contributed by atoms with van der Waals surface area (Å²) in [7, 11) is 0. The molecule has 0 saturated carbocycles. The lowest BCUT2D eigenvalue weighted by Crippen LogP contribution is -2.05. The molecular formula is C10H16N4O2S. The molecule has 1 heterocycles. The zero-order chi connectivity index (χ0) is 12.7. The van der Waals surface area contributed by atoms with Gasteiger partial charge in [-0.3, -0.25) is 10.1 Å². The van der Waals surface area contributed by atoms with Gasteiger partial charge in [0.15, 0.2) is 0 Å². The van der Waals surface area contributed by atoms with Crippen LogP contribution in [0.25, 0.3) is 0 Å². The second-order valence-corrected chi connectivity index (χ2v) is 4.50. The fraction of sp³-hybridized carbons (Fsp3) is 0.500. The number of nitro groups is 1. The molecule has 0 aliphatic rings. The molecule has 0 radical (unpaired) electrons. The second kappa shape index (κ2) is 6.95. The van der Waals surface area contributed by atoms with Gasteiger partial charge in [0.05, 0.1) is 17.1 Å². The average molecular weight is 256 g/mol. The molecule has 0 spiro atoms. The molecule has 0 aromatic carbocycles. The van der Waals surface area contributed by atoms with Crippen molar-refractivity contribution in [1.82, 2.24) is 4.98 Å². The van der Waals surface area contributed by atoms with E-state index >= 15 is 0 Å². The number of nitrogen functional groups attached to an aromatic ring is 1. The van der Waals surface area contributed by atoms with Gasteiger partial charge in [-0.05, 0) is 24.9 Å². The smallest absolute Gasteiger partial charge is 0.276 e. The highest BCUT2D eigenvalue weighted by molar-refractivity contribution is 7.98. The van der Waals surface area contributed by atoms with Gasteiger partial charge in [-0.25, -0.2) is 4.98 Å². The van der Waals surface area contributed by atoms with E-state index in [0.717, 1.165) is 25.1 Å². The number of hydrogen-bond donors (Lipinski definition) is 2. The molecule has 7 heteroatoms. The monoisotopic (exact) mass is 256 g/mol. The Morgan fingerprint density at radius 3 is 2.94 bits per heavy atom. The minimum atomic E-state index is -0.475. The third-order valence-electron chi connectivity index (χ3n) is 2.12. The summed E-state index contributed by atoms with van der Waals surface area (Å²) in [6.45, 7) is 0.744. The predicted molar refractivity (Wildman–Crippen MR) is 71.4 cm³/mol. The van der Waals surface area contributed by atoms with E-state index in [0.29, 0.717) is 5.82 Å². The highest BCUT2D eigenvalue weighted by Gasteiger charge is 2.09. The third-order valence-corrected chi connectivity index (χ3v) is 2.82. The molecule has 6 nitrogen and oxygen atoms in total. The quantitative estimate of drug-likeness (QED) is 0.441. The van der Waals surface area contributed by atoms with Crippen molar-refractivity contribution in [2.45, 2.75) is 12.8 Å². The van der Waals surface area contributed by atoms with Crippen LogP contribution in [-0.2, 0) is 0 Å². The van der Waals surface area contributed by atoms with Crippen LogP contribution in [0, 0.1) is 10.1 Å². The zero-order valence-electron chi connectivity index (χ0n) is 9.68. The van der Waals surface area contributed by atoms with Gasteiger partial charge in [0.2, 0.25) is 0 Å². The van der Waals surface area contributed by atoms with Gasteiger partial charge in [-0.15, -0.1) is 0 Å². The van der Waals surface area contributed by atoms with Gasteiger partial charge in [0.1, 0.15) is 11.6 Å². The first-order valence-electron chi connectivity index (χ1n) is 5.28. The topological polar surface area (TPSA) is 94.1 Å². The fourth-order valence-corrected chi connectivity index (χ4v) is 1.81. The van der Waals surface area contributed by atoms with Gasteiger partial charge in [-0.1, -0.05) is 0 Å². The molecule has 0 bridgehead atoms. The number of rotatable bonds is 7. The maximum absolute atomic E-state index is 10.6. The summed E-state index contributed by atoms with van der Waals surface area (Å²) in [6, 6.07) is 2.64. The minimum Gasteiger partial charge on any atom is -0.383 e. The maximum atomic E-state index is 10.6. The molecule has 0 aliphatic carbocycles. The second-order valence-electron chi connectivity index (χ2n) is 3.52. The van der Waals surface area contributed by atoms with Crippen molar-refractivity contribution in [2.24, 2.45) is 0 Å². The lowest BCUT2D eigenvalue weighted by atomic mass is 10.3. The molecule has 0 aliphatic heterocycles. The minimum absolute atomic E-state index is 0.0379. The first-order chi connectivity index (χ1) is 8.13. The van der Waals surface area contributed by atoms with Crippen LogP contribution in [-0.4, -0.2) is 28.5 Å². The predicted octanol–water partition coefficient (Wildman–Crippen LogP) is 2.13. The lowest BCUT2D eigenvalue weighted by molar-refractivity contribution is -0.384. The summed E-state index contributed by atoms with van der Waals surface area (Å²) in [5.41, 5.74) is 5.45. The molecular weight excluding hydrogens is 240 g/mol. The van der Waals surface area contributed by atoms with Crippen LogP contribution >= 0.6 is 11.8 Å². The summed E-state index contributed by atoms with van der Waals surface area (Å²) in [6.07, 6.45) is 4.18. The van der Waals surface area contributed by atoms with Gasteiger partial charge in [-0.2, -0.15) is 11.8 Å². The van der Waals surface area contributed by atoms with E-state index in [2.05, 4.69) is 16.6 Å². The Bertz CT molecular complexity index is 387. The van der Waals surface area contributed by atoms with Crippen LogP contribution in [0.3, 0.4) is 0 Å². The molecule has 94 valence electrons. The molecule has 0 unspecified atom stereocenters. The number of aromatic nitrogens is 1. The van der Waals surface area contributed by atoms with Gasteiger partial charge in [0.25, 0.3) is 5.69 Å². The molecule has 1 aromatic heterocycles. The Morgan fingerprint density at radius 2 is 2.29 bits per heavy atom. The normalized spacial score (nSPS) is 10.2. The molecule has 1 rings (SSSR count). The summed E-state index contributed by atoms with van der Waals surface area (Å²) in [5.74, 6) is 1.73. The number of anilines is 2. The van der Waals surface area contributed by atoms with Crippen molar-refractivity contribution in [3.05, 3.63) is 22.2 Å². The largest absolute Gasteiger partial charge is 0.383 e.